The van der Waals surface area contributed by atoms with Crippen molar-refractivity contribution in [1.29, 1.82) is 0 Å². The van der Waals surface area contributed by atoms with Gasteiger partial charge in [-0.2, -0.15) is 13.2 Å². The second-order valence-electron chi connectivity index (χ2n) is 4.03. The van der Waals surface area contributed by atoms with Gasteiger partial charge >= 0.3 is 12.1 Å². The summed E-state index contributed by atoms with van der Waals surface area (Å²) in [7, 11) is 0. The number of nitrogens with two attached hydrogens (primary N) is 1. The lowest BCUT2D eigenvalue weighted by Crippen LogP contribution is -2.38. The van der Waals surface area contributed by atoms with E-state index in [4.69, 9.17) is 11.0 Å². The standard InChI is InChI=1S/C11H12F3NO3/c1-10(6-18-15,9(16)17)7-3-2-4-8(5-7)11(12,13)14/h2-5H,6,15H2,1H3,(H,16,17). The van der Waals surface area contributed by atoms with E-state index < -0.39 is 29.7 Å². The van der Waals surface area contributed by atoms with Gasteiger partial charge in [-0.25, -0.2) is 5.90 Å². The van der Waals surface area contributed by atoms with Gasteiger partial charge in [-0.15, -0.1) is 0 Å². The van der Waals surface area contributed by atoms with Crippen LogP contribution in [0, 0.1) is 0 Å². The minimum Gasteiger partial charge on any atom is -0.481 e. The highest BCUT2D eigenvalue weighted by molar-refractivity contribution is 5.81. The molecule has 1 atom stereocenters. The third-order valence-corrected chi connectivity index (χ3v) is 2.67. The van der Waals surface area contributed by atoms with E-state index in [1.165, 1.54) is 13.0 Å². The molecule has 0 aromatic heterocycles. The van der Waals surface area contributed by atoms with Gasteiger partial charge in [0.1, 0.15) is 5.41 Å². The van der Waals surface area contributed by atoms with Crippen LogP contribution in [0.15, 0.2) is 24.3 Å². The zero-order chi connectivity index (χ0) is 14.0. The number of alkyl halides is 3. The van der Waals surface area contributed by atoms with E-state index in [-0.39, 0.29) is 5.56 Å². The first-order valence-electron chi connectivity index (χ1n) is 4.94. The minimum atomic E-state index is -4.53. The maximum Gasteiger partial charge on any atom is 0.416 e. The molecule has 0 saturated heterocycles. The number of rotatable bonds is 4. The number of carboxylic acids is 1. The highest BCUT2D eigenvalue weighted by Crippen LogP contribution is 2.33. The topological polar surface area (TPSA) is 72.5 Å². The van der Waals surface area contributed by atoms with Gasteiger partial charge in [-0.3, -0.25) is 4.79 Å². The molecule has 0 aliphatic rings. The second-order valence-corrected chi connectivity index (χ2v) is 4.03. The SMILES string of the molecule is CC(CON)(C(=O)O)c1cccc(C(F)(F)F)c1. The van der Waals surface area contributed by atoms with Crippen molar-refractivity contribution in [2.24, 2.45) is 5.90 Å². The molecule has 1 unspecified atom stereocenters. The molecule has 3 N–H and O–H groups in total. The van der Waals surface area contributed by atoms with Crippen LogP contribution in [0.3, 0.4) is 0 Å². The summed E-state index contributed by atoms with van der Waals surface area (Å²) in [5, 5.41) is 9.09. The van der Waals surface area contributed by atoms with E-state index in [2.05, 4.69) is 4.84 Å². The summed E-state index contributed by atoms with van der Waals surface area (Å²) in [4.78, 5) is 15.4. The third-order valence-electron chi connectivity index (χ3n) is 2.67. The molecule has 0 heterocycles. The van der Waals surface area contributed by atoms with Gasteiger partial charge in [0.05, 0.1) is 12.2 Å². The van der Waals surface area contributed by atoms with Crippen molar-refractivity contribution in [2.75, 3.05) is 6.61 Å². The number of carboxylic acid groups (broad SMARTS) is 1. The Kier molecular flexibility index (Phi) is 3.98. The summed E-state index contributed by atoms with van der Waals surface area (Å²) < 4.78 is 37.6. The predicted octanol–water partition coefficient (Wildman–Crippen LogP) is 1.94. The molecule has 1 rings (SSSR count). The molecule has 0 radical (unpaired) electrons. The van der Waals surface area contributed by atoms with Gasteiger partial charge in [0.25, 0.3) is 0 Å². The normalized spacial score (nSPS) is 15.2. The lowest BCUT2D eigenvalue weighted by atomic mass is 9.82. The van der Waals surface area contributed by atoms with Crippen molar-refractivity contribution < 1.29 is 27.9 Å². The molecule has 0 fully saturated rings. The fourth-order valence-electron chi connectivity index (χ4n) is 1.47. The second kappa shape index (κ2) is 4.95. The predicted molar refractivity (Wildman–Crippen MR) is 56.6 cm³/mol. The number of aliphatic carboxylic acids is 1. The van der Waals surface area contributed by atoms with E-state index in [1.807, 2.05) is 0 Å². The van der Waals surface area contributed by atoms with Crippen molar-refractivity contribution in [3.05, 3.63) is 35.4 Å². The van der Waals surface area contributed by atoms with Crippen molar-refractivity contribution in [3.63, 3.8) is 0 Å². The van der Waals surface area contributed by atoms with Crippen LogP contribution in [0.4, 0.5) is 13.2 Å². The van der Waals surface area contributed by atoms with E-state index in [0.717, 1.165) is 18.2 Å². The molecule has 0 aliphatic heterocycles. The largest absolute Gasteiger partial charge is 0.481 e. The quantitative estimate of drug-likeness (QED) is 0.814. The zero-order valence-corrected chi connectivity index (χ0v) is 9.49. The van der Waals surface area contributed by atoms with Crippen molar-refractivity contribution in [3.8, 4) is 0 Å². The number of hydrogen-bond acceptors (Lipinski definition) is 3. The summed E-state index contributed by atoms with van der Waals surface area (Å²) in [5.41, 5.74) is -2.56. The summed E-state index contributed by atoms with van der Waals surface area (Å²) in [6.45, 7) is 0.821. The fraction of sp³-hybridized carbons (Fsp3) is 0.364. The highest BCUT2D eigenvalue weighted by Gasteiger charge is 2.38. The van der Waals surface area contributed by atoms with Crippen molar-refractivity contribution in [1.82, 2.24) is 0 Å². The molecule has 0 saturated carbocycles. The van der Waals surface area contributed by atoms with Gasteiger partial charge in [-0.1, -0.05) is 18.2 Å². The lowest BCUT2D eigenvalue weighted by molar-refractivity contribution is -0.146. The van der Waals surface area contributed by atoms with Gasteiger partial charge < -0.3 is 9.94 Å². The third kappa shape index (κ3) is 2.80. The molecule has 1 aromatic carbocycles. The molecule has 7 heteroatoms. The van der Waals surface area contributed by atoms with Crippen LogP contribution < -0.4 is 5.90 Å². The molecule has 4 nitrogen and oxygen atoms in total. The smallest absolute Gasteiger partial charge is 0.416 e. The monoisotopic (exact) mass is 263 g/mol. The average molecular weight is 263 g/mol. The zero-order valence-electron chi connectivity index (χ0n) is 9.49. The molecular weight excluding hydrogens is 251 g/mol. The molecule has 0 bridgehead atoms. The van der Waals surface area contributed by atoms with Crippen LogP contribution >= 0.6 is 0 Å². The van der Waals surface area contributed by atoms with Crippen molar-refractivity contribution in [2.45, 2.75) is 18.5 Å². The number of halogens is 3. The van der Waals surface area contributed by atoms with Gasteiger partial charge in [-0.05, 0) is 18.6 Å². The molecule has 18 heavy (non-hydrogen) atoms. The first kappa shape index (κ1) is 14.5. The van der Waals surface area contributed by atoms with E-state index in [9.17, 15) is 18.0 Å². The number of carbonyl (C=O) groups is 1. The van der Waals surface area contributed by atoms with Crippen molar-refractivity contribution >= 4 is 5.97 Å². The molecule has 0 spiro atoms. The van der Waals surface area contributed by atoms with Crippen LogP contribution in [0.1, 0.15) is 18.1 Å². The fourth-order valence-corrected chi connectivity index (χ4v) is 1.47. The Labute approximate surface area is 101 Å². The highest BCUT2D eigenvalue weighted by atomic mass is 19.4. The maximum absolute atomic E-state index is 12.5. The Hall–Kier alpha value is -1.60. The molecule has 1 aromatic rings. The summed E-state index contributed by atoms with van der Waals surface area (Å²) in [6, 6.07) is 4.10. The van der Waals surface area contributed by atoms with Crippen LogP contribution in [-0.2, 0) is 21.2 Å². The molecular formula is C11H12F3NO3. The lowest BCUT2D eigenvalue weighted by Gasteiger charge is -2.24. The Morgan fingerprint density at radius 2 is 1.94 bits per heavy atom. The van der Waals surface area contributed by atoms with Crippen LogP contribution in [-0.4, -0.2) is 17.7 Å². The molecule has 0 aliphatic carbocycles. The Balaban J connectivity index is 3.27. The van der Waals surface area contributed by atoms with E-state index in [0.29, 0.717) is 0 Å². The Morgan fingerprint density at radius 1 is 1.39 bits per heavy atom. The summed E-state index contributed by atoms with van der Waals surface area (Å²) in [6.07, 6.45) is -4.53. The number of benzene rings is 1. The van der Waals surface area contributed by atoms with E-state index >= 15 is 0 Å². The summed E-state index contributed by atoms with van der Waals surface area (Å²) >= 11 is 0. The maximum atomic E-state index is 12.5. The van der Waals surface area contributed by atoms with Gasteiger partial charge in [0, 0.05) is 0 Å². The van der Waals surface area contributed by atoms with Gasteiger partial charge in [0.15, 0.2) is 0 Å². The summed E-state index contributed by atoms with van der Waals surface area (Å²) in [5.74, 6) is 3.52. The van der Waals surface area contributed by atoms with Crippen LogP contribution in [0.5, 0.6) is 0 Å². The molecule has 100 valence electrons. The van der Waals surface area contributed by atoms with E-state index in [1.54, 1.807) is 0 Å². The first-order valence-corrected chi connectivity index (χ1v) is 4.94. The Morgan fingerprint density at radius 3 is 2.39 bits per heavy atom. The molecule has 0 amide bonds. The Bertz CT molecular complexity index is 447. The van der Waals surface area contributed by atoms with Crippen LogP contribution in [0.25, 0.3) is 0 Å². The number of hydrogen-bond donors (Lipinski definition) is 2. The average Bonchev–Trinajstić information content (AvgIpc) is 2.28. The van der Waals surface area contributed by atoms with Crippen LogP contribution in [0.2, 0.25) is 0 Å². The van der Waals surface area contributed by atoms with Gasteiger partial charge in [0.2, 0.25) is 0 Å². The minimum absolute atomic E-state index is 0.0183. The first-order chi connectivity index (χ1) is 8.21.